The van der Waals surface area contributed by atoms with E-state index in [0.29, 0.717) is 34.6 Å². The Morgan fingerprint density at radius 2 is 2.09 bits per heavy atom. The molecule has 7 nitrogen and oxygen atoms in total. The number of nitrogens with zero attached hydrogens (tertiary/aromatic N) is 1. The Bertz CT molecular complexity index is 914. The van der Waals surface area contributed by atoms with Gasteiger partial charge in [0.25, 0.3) is 5.91 Å². The molecular formula is C23H30ClN3O4S. The molecule has 0 aliphatic heterocycles. The molecule has 2 aromatic heterocycles. The van der Waals surface area contributed by atoms with Crippen molar-refractivity contribution in [3.05, 3.63) is 44.9 Å². The number of halogens is 1. The second-order valence-electron chi connectivity index (χ2n) is 8.07. The van der Waals surface area contributed by atoms with Crippen molar-refractivity contribution in [2.24, 2.45) is 5.92 Å². The molecule has 3 rings (SSSR count). The molecule has 0 spiro atoms. The molecule has 0 saturated heterocycles. The van der Waals surface area contributed by atoms with Crippen LogP contribution in [0, 0.1) is 12.8 Å². The molecule has 1 fully saturated rings. The van der Waals surface area contributed by atoms with E-state index in [-0.39, 0.29) is 25.0 Å². The number of amides is 2. The second kappa shape index (κ2) is 12.2. The van der Waals surface area contributed by atoms with Crippen LogP contribution in [-0.4, -0.2) is 41.1 Å². The molecule has 0 bridgehead atoms. The van der Waals surface area contributed by atoms with Crippen molar-refractivity contribution < 1.29 is 19.4 Å². The highest BCUT2D eigenvalue weighted by Crippen LogP contribution is 2.28. The van der Waals surface area contributed by atoms with Gasteiger partial charge in [-0.2, -0.15) is 0 Å². The summed E-state index contributed by atoms with van der Waals surface area (Å²) < 4.78 is 5.80. The van der Waals surface area contributed by atoms with Crippen LogP contribution in [0.15, 0.2) is 24.4 Å². The molecule has 9 heteroatoms. The van der Waals surface area contributed by atoms with Gasteiger partial charge in [-0.15, -0.1) is 11.3 Å². The molecule has 2 aromatic rings. The van der Waals surface area contributed by atoms with Gasteiger partial charge in [-0.1, -0.05) is 43.7 Å². The average Bonchev–Trinajstić information content (AvgIpc) is 3.27. The van der Waals surface area contributed by atoms with Crippen molar-refractivity contribution >= 4 is 34.8 Å². The minimum absolute atomic E-state index is 0.133. The maximum Gasteiger partial charge on any atom is 0.262 e. The van der Waals surface area contributed by atoms with E-state index in [1.165, 1.54) is 30.6 Å². The topological polar surface area (TPSA) is 101 Å². The molecule has 1 saturated carbocycles. The van der Waals surface area contributed by atoms with Gasteiger partial charge in [0.1, 0.15) is 18.4 Å². The van der Waals surface area contributed by atoms with Crippen LogP contribution < -0.4 is 15.4 Å². The number of aliphatic hydroxyl groups is 1. The zero-order valence-electron chi connectivity index (χ0n) is 18.2. The smallest absolute Gasteiger partial charge is 0.262 e. The molecule has 2 heterocycles. The lowest BCUT2D eigenvalue weighted by Gasteiger charge is -2.26. The van der Waals surface area contributed by atoms with Gasteiger partial charge in [-0.3, -0.25) is 14.6 Å². The maximum absolute atomic E-state index is 12.9. The minimum atomic E-state index is -0.612. The highest BCUT2D eigenvalue weighted by molar-refractivity contribution is 7.14. The SMILES string of the molecule is Cc1ncc(Cl)cc1OCc1ccc(C(=O)NC(CC2CCCCC2)C(=O)NCCO)s1. The Balaban J connectivity index is 1.60. The van der Waals surface area contributed by atoms with Crippen LogP contribution >= 0.6 is 22.9 Å². The monoisotopic (exact) mass is 479 g/mol. The first kappa shape index (κ1) is 24.5. The predicted octanol–water partition coefficient (Wildman–Crippen LogP) is 3.86. The number of carbonyl (C=O) groups is 2. The molecule has 0 aromatic carbocycles. The second-order valence-corrected chi connectivity index (χ2v) is 9.68. The van der Waals surface area contributed by atoms with E-state index in [4.69, 9.17) is 21.4 Å². The number of hydrogen-bond donors (Lipinski definition) is 3. The summed E-state index contributed by atoms with van der Waals surface area (Å²) in [6, 6.07) is 4.69. The van der Waals surface area contributed by atoms with Gasteiger partial charge >= 0.3 is 0 Å². The van der Waals surface area contributed by atoms with E-state index in [2.05, 4.69) is 15.6 Å². The number of aromatic nitrogens is 1. The van der Waals surface area contributed by atoms with Crippen molar-refractivity contribution in [3.63, 3.8) is 0 Å². The van der Waals surface area contributed by atoms with Gasteiger partial charge in [0.2, 0.25) is 5.91 Å². The normalized spacial score (nSPS) is 15.2. The minimum Gasteiger partial charge on any atom is -0.486 e. The lowest BCUT2D eigenvalue weighted by molar-refractivity contribution is -0.123. The van der Waals surface area contributed by atoms with Gasteiger partial charge in [-0.05, 0) is 31.4 Å². The fourth-order valence-electron chi connectivity index (χ4n) is 3.88. The van der Waals surface area contributed by atoms with E-state index < -0.39 is 6.04 Å². The molecule has 1 atom stereocenters. The summed E-state index contributed by atoms with van der Waals surface area (Å²) in [5, 5.41) is 15.1. The highest BCUT2D eigenvalue weighted by Gasteiger charge is 2.26. The van der Waals surface area contributed by atoms with Crippen LogP contribution in [0.1, 0.15) is 58.8 Å². The summed E-state index contributed by atoms with van der Waals surface area (Å²) in [5.41, 5.74) is 0.739. The quantitative estimate of drug-likeness (QED) is 0.480. The zero-order valence-corrected chi connectivity index (χ0v) is 19.8. The van der Waals surface area contributed by atoms with Crippen molar-refractivity contribution in [2.75, 3.05) is 13.2 Å². The van der Waals surface area contributed by atoms with Crippen molar-refractivity contribution in [1.82, 2.24) is 15.6 Å². The van der Waals surface area contributed by atoms with Gasteiger partial charge in [0.05, 0.1) is 22.2 Å². The van der Waals surface area contributed by atoms with Crippen LogP contribution in [0.5, 0.6) is 5.75 Å². The summed E-state index contributed by atoms with van der Waals surface area (Å²) in [6.07, 6.45) is 7.91. The fraction of sp³-hybridized carbons (Fsp3) is 0.522. The van der Waals surface area contributed by atoms with Crippen molar-refractivity contribution in [1.29, 1.82) is 0 Å². The Morgan fingerprint density at radius 3 is 2.84 bits per heavy atom. The molecule has 1 aliphatic rings. The number of aryl methyl sites for hydroxylation is 1. The van der Waals surface area contributed by atoms with E-state index in [0.717, 1.165) is 23.4 Å². The largest absolute Gasteiger partial charge is 0.486 e. The summed E-state index contributed by atoms with van der Waals surface area (Å²) in [4.78, 5) is 31.0. The van der Waals surface area contributed by atoms with Crippen LogP contribution in [0.2, 0.25) is 5.02 Å². The Labute approximate surface area is 197 Å². The number of carbonyl (C=O) groups excluding carboxylic acids is 2. The van der Waals surface area contributed by atoms with Crippen LogP contribution in [0.4, 0.5) is 0 Å². The van der Waals surface area contributed by atoms with Crippen molar-refractivity contribution in [2.45, 2.75) is 58.1 Å². The first-order valence-corrected chi connectivity index (χ1v) is 12.2. The first-order chi connectivity index (χ1) is 15.5. The average molecular weight is 480 g/mol. The van der Waals surface area contributed by atoms with Crippen LogP contribution in [0.3, 0.4) is 0 Å². The summed E-state index contributed by atoms with van der Waals surface area (Å²) in [6.45, 7) is 2.18. The molecule has 0 radical (unpaired) electrons. The third-order valence-electron chi connectivity index (χ3n) is 5.59. The van der Waals surface area contributed by atoms with Crippen LogP contribution in [0.25, 0.3) is 0 Å². The first-order valence-electron chi connectivity index (χ1n) is 11.0. The van der Waals surface area contributed by atoms with E-state index in [1.807, 2.05) is 13.0 Å². The standard InChI is InChI=1S/C23H30ClN3O4S/c1-15-20(12-17(24)13-26-15)31-14-18-7-8-21(32-18)23(30)27-19(22(29)25-9-10-28)11-16-5-3-2-4-6-16/h7-8,12-13,16,19,28H,2-6,9-11,14H2,1H3,(H,25,29)(H,27,30). The summed E-state index contributed by atoms with van der Waals surface area (Å²) in [5.74, 6) is 0.504. The summed E-state index contributed by atoms with van der Waals surface area (Å²) in [7, 11) is 0. The van der Waals surface area contributed by atoms with Gasteiger partial charge in [0, 0.05) is 23.7 Å². The highest BCUT2D eigenvalue weighted by atomic mass is 35.5. The number of aliphatic hydroxyl groups excluding tert-OH is 1. The lowest BCUT2D eigenvalue weighted by Crippen LogP contribution is -2.48. The van der Waals surface area contributed by atoms with E-state index >= 15 is 0 Å². The van der Waals surface area contributed by atoms with E-state index in [1.54, 1.807) is 18.3 Å². The van der Waals surface area contributed by atoms with Gasteiger partial charge < -0.3 is 20.5 Å². The lowest BCUT2D eigenvalue weighted by atomic mass is 9.84. The molecule has 1 unspecified atom stereocenters. The summed E-state index contributed by atoms with van der Waals surface area (Å²) >= 11 is 7.31. The molecule has 32 heavy (non-hydrogen) atoms. The fourth-order valence-corrected chi connectivity index (χ4v) is 4.85. The van der Waals surface area contributed by atoms with Gasteiger partial charge in [-0.25, -0.2) is 0 Å². The molecular weight excluding hydrogens is 450 g/mol. The molecule has 1 aliphatic carbocycles. The number of thiophene rings is 1. The number of ether oxygens (including phenoxy) is 1. The third kappa shape index (κ3) is 7.18. The number of rotatable bonds is 10. The third-order valence-corrected chi connectivity index (χ3v) is 6.85. The van der Waals surface area contributed by atoms with E-state index in [9.17, 15) is 9.59 Å². The molecule has 174 valence electrons. The Morgan fingerprint density at radius 1 is 1.31 bits per heavy atom. The molecule has 2 amide bonds. The molecule has 3 N–H and O–H groups in total. The predicted molar refractivity (Wildman–Crippen MR) is 125 cm³/mol. The Hall–Kier alpha value is -2.16. The van der Waals surface area contributed by atoms with Crippen LogP contribution in [-0.2, 0) is 11.4 Å². The zero-order chi connectivity index (χ0) is 22.9. The Kier molecular flexibility index (Phi) is 9.32. The number of hydrogen-bond acceptors (Lipinski definition) is 6. The van der Waals surface area contributed by atoms with Crippen molar-refractivity contribution in [3.8, 4) is 5.75 Å². The number of pyridine rings is 1. The maximum atomic E-state index is 12.9. The van der Waals surface area contributed by atoms with Gasteiger partial charge in [0.15, 0.2) is 0 Å². The number of nitrogens with one attached hydrogen (secondary N) is 2.